The summed E-state index contributed by atoms with van der Waals surface area (Å²) in [6, 6.07) is 14.7. The van der Waals surface area contributed by atoms with Crippen LogP contribution in [0.4, 0.5) is 5.69 Å². The maximum absolute atomic E-state index is 12.7. The van der Waals surface area contributed by atoms with Crippen molar-refractivity contribution < 1.29 is 13.9 Å². The van der Waals surface area contributed by atoms with Gasteiger partial charge in [-0.15, -0.1) is 0 Å². The first-order chi connectivity index (χ1) is 10.6. The first-order valence-corrected chi connectivity index (χ1v) is 6.99. The third-order valence-electron chi connectivity index (χ3n) is 3.56. The number of methoxy groups -OCH3 is 1. The molecule has 4 heteroatoms. The molecule has 1 heterocycles. The summed E-state index contributed by atoms with van der Waals surface area (Å²) in [7, 11) is 5.40. The summed E-state index contributed by atoms with van der Waals surface area (Å²) < 4.78 is 11.1. The zero-order valence-corrected chi connectivity index (χ0v) is 12.8. The number of ketones is 1. The fourth-order valence-corrected chi connectivity index (χ4v) is 2.51. The highest BCUT2D eigenvalue weighted by Crippen LogP contribution is 2.36. The molecule has 0 N–H and O–H groups in total. The van der Waals surface area contributed by atoms with Crippen LogP contribution < -0.4 is 9.64 Å². The van der Waals surface area contributed by atoms with Crippen molar-refractivity contribution in [2.45, 2.75) is 0 Å². The van der Waals surface area contributed by atoms with E-state index in [4.69, 9.17) is 9.15 Å². The molecule has 0 aliphatic carbocycles. The van der Waals surface area contributed by atoms with Crippen LogP contribution in [-0.2, 0) is 0 Å². The molecule has 0 unspecified atom stereocenters. The van der Waals surface area contributed by atoms with Crippen LogP contribution in [0.3, 0.4) is 0 Å². The molecule has 0 bridgehead atoms. The number of hydrogen-bond acceptors (Lipinski definition) is 4. The van der Waals surface area contributed by atoms with Gasteiger partial charge in [0, 0.05) is 31.1 Å². The number of anilines is 1. The molecular weight excluding hydrogens is 278 g/mol. The largest absolute Gasteiger partial charge is 0.497 e. The average molecular weight is 295 g/mol. The van der Waals surface area contributed by atoms with Crippen molar-refractivity contribution in [1.29, 1.82) is 0 Å². The minimum atomic E-state index is -0.125. The molecule has 4 nitrogen and oxygen atoms in total. The van der Waals surface area contributed by atoms with E-state index in [9.17, 15) is 4.79 Å². The van der Waals surface area contributed by atoms with Gasteiger partial charge < -0.3 is 14.1 Å². The van der Waals surface area contributed by atoms with Gasteiger partial charge in [0.25, 0.3) is 0 Å². The van der Waals surface area contributed by atoms with E-state index in [1.807, 2.05) is 49.3 Å². The maximum atomic E-state index is 12.7. The topological polar surface area (TPSA) is 42.7 Å². The molecule has 112 valence electrons. The number of ether oxygens (including phenoxy) is 1. The van der Waals surface area contributed by atoms with E-state index >= 15 is 0 Å². The van der Waals surface area contributed by atoms with Crippen molar-refractivity contribution in [2.75, 3.05) is 26.1 Å². The SMILES string of the molecule is COc1ccc2c(N(C)C)c(C(=O)c3ccccc3)oc2c1. The van der Waals surface area contributed by atoms with Crippen molar-refractivity contribution in [3.8, 4) is 5.75 Å². The molecule has 0 atom stereocenters. The second-order valence-corrected chi connectivity index (χ2v) is 5.23. The molecule has 0 aliphatic rings. The Morgan fingerprint density at radius 3 is 2.45 bits per heavy atom. The number of benzene rings is 2. The molecule has 1 aromatic heterocycles. The van der Waals surface area contributed by atoms with Gasteiger partial charge in [0.15, 0.2) is 5.76 Å². The Morgan fingerprint density at radius 2 is 1.82 bits per heavy atom. The van der Waals surface area contributed by atoms with Gasteiger partial charge in [-0.1, -0.05) is 30.3 Å². The third kappa shape index (κ3) is 2.33. The van der Waals surface area contributed by atoms with Crippen molar-refractivity contribution in [3.63, 3.8) is 0 Å². The maximum Gasteiger partial charge on any atom is 0.230 e. The van der Waals surface area contributed by atoms with E-state index in [2.05, 4.69) is 0 Å². The summed E-state index contributed by atoms with van der Waals surface area (Å²) >= 11 is 0. The molecule has 0 radical (unpaired) electrons. The Bertz CT molecular complexity index is 819. The zero-order chi connectivity index (χ0) is 15.7. The number of carbonyl (C=O) groups excluding carboxylic acids is 1. The summed E-state index contributed by atoms with van der Waals surface area (Å²) in [5.41, 5.74) is 2.03. The standard InChI is InChI=1S/C18H17NO3/c1-19(2)16-14-10-9-13(21-3)11-15(14)22-18(16)17(20)12-7-5-4-6-8-12/h4-11H,1-3H3. The molecule has 0 amide bonds. The first-order valence-electron chi connectivity index (χ1n) is 6.99. The number of nitrogens with zero attached hydrogens (tertiary/aromatic N) is 1. The predicted molar refractivity (Wildman–Crippen MR) is 87.0 cm³/mol. The quantitative estimate of drug-likeness (QED) is 0.688. The van der Waals surface area contributed by atoms with E-state index in [-0.39, 0.29) is 5.78 Å². The summed E-state index contributed by atoms with van der Waals surface area (Å²) in [6.45, 7) is 0. The predicted octanol–water partition coefficient (Wildman–Crippen LogP) is 3.74. The van der Waals surface area contributed by atoms with Crippen LogP contribution >= 0.6 is 0 Å². The Kier molecular flexibility index (Phi) is 3.59. The molecule has 0 spiro atoms. The van der Waals surface area contributed by atoms with Crippen molar-refractivity contribution in [2.24, 2.45) is 0 Å². The van der Waals surface area contributed by atoms with Crippen molar-refractivity contribution in [1.82, 2.24) is 0 Å². The molecular formula is C18H17NO3. The summed E-state index contributed by atoms with van der Waals surface area (Å²) in [6.07, 6.45) is 0. The smallest absolute Gasteiger partial charge is 0.230 e. The van der Waals surface area contributed by atoms with Gasteiger partial charge in [-0.25, -0.2) is 0 Å². The van der Waals surface area contributed by atoms with Crippen LogP contribution in [0.5, 0.6) is 5.75 Å². The van der Waals surface area contributed by atoms with Crippen LogP contribution in [0.25, 0.3) is 11.0 Å². The van der Waals surface area contributed by atoms with E-state index in [0.717, 1.165) is 11.1 Å². The van der Waals surface area contributed by atoms with E-state index in [1.165, 1.54) is 0 Å². The monoisotopic (exact) mass is 295 g/mol. The molecule has 22 heavy (non-hydrogen) atoms. The molecule has 0 aliphatic heterocycles. The van der Waals surface area contributed by atoms with Crippen molar-refractivity contribution >= 4 is 22.4 Å². The number of carbonyl (C=O) groups is 1. The number of fused-ring (bicyclic) bond motifs is 1. The Hall–Kier alpha value is -2.75. The van der Waals surface area contributed by atoms with Crippen LogP contribution in [0.15, 0.2) is 52.9 Å². The Balaban J connectivity index is 2.20. The van der Waals surface area contributed by atoms with Gasteiger partial charge >= 0.3 is 0 Å². The van der Waals surface area contributed by atoms with Gasteiger partial charge in [-0.05, 0) is 12.1 Å². The number of furan rings is 1. The van der Waals surface area contributed by atoms with Crippen LogP contribution in [0.1, 0.15) is 16.1 Å². The first kappa shape index (κ1) is 14.2. The Morgan fingerprint density at radius 1 is 1.09 bits per heavy atom. The zero-order valence-electron chi connectivity index (χ0n) is 12.8. The minimum Gasteiger partial charge on any atom is -0.497 e. The lowest BCUT2D eigenvalue weighted by Crippen LogP contribution is -2.13. The normalized spacial score (nSPS) is 10.7. The van der Waals surface area contributed by atoms with Gasteiger partial charge in [0.1, 0.15) is 11.3 Å². The van der Waals surface area contributed by atoms with Crippen LogP contribution in [-0.4, -0.2) is 27.0 Å². The highest BCUT2D eigenvalue weighted by atomic mass is 16.5. The van der Waals surface area contributed by atoms with Gasteiger partial charge in [0.2, 0.25) is 5.78 Å². The number of hydrogen-bond donors (Lipinski definition) is 0. The lowest BCUT2D eigenvalue weighted by Gasteiger charge is -2.12. The fraction of sp³-hybridized carbons (Fsp3) is 0.167. The third-order valence-corrected chi connectivity index (χ3v) is 3.56. The second-order valence-electron chi connectivity index (χ2n) is 5.23. The minimum absolute atomic E-state index is 0.125. The van der Waals surface area contributed by atoms with Crippen LogP contribution in [0, 0.1) is 0 Å². The second kappa shape index (κ2) is 5.56. The van der Waals surface area contributed by atoms with Gasteiger partial charge in [0.05, 0.1) is 12.8 Å². The number of rotatable bonds is 4. The molecule has 3 aromatic rings. The van der Waals surface area contributed by atoms with Gasteiger partial charge in [-0.2, -0.15) is 0 Å². The van der Waals surface area contributed by atoms with E-state index < -0.39 is 0 Å². The lowest BCUT2D eigenvalue weighted by atomic mass is 10.1. The van der Waals surface area contributed by atoms with Crippen LogP contribution in [0.2, 0.25) is 0 Å². The molecule has 3 rings (SSSR count). The average Bonchev–Trinajstić information content (AvgIpc) is 2.93. The fourth-order valence-electron chi connectivity index (χ4n) is 2.51. The summed E-state index contributed by atoms with van der Waals surface area (Å²) in [4.78, 5) is 14.6. The molecule has 0 saturated carbocycles. The highest BCUT2D eigenvalue weighted by molar-refractivity contribution is 6.15. The van der Waals surface area contributed by atoms with E-state index in [0.29, 0.717) is 22.7 Å². The molecule has 2 aromatic carbocycles. The molecule has 0 saturated heterocycles. The van der Waals surface area contributed by atoms with Crippen molar-refractivity contribution in [3.05, 3.63) is 59.9 Å². The summed E-state index contributed by atoms with van der Waals surface area (Å²) in [5.74, 6) is 0.921. The lowest BCUT2D eigenvalue weighted by molar-refractivity contribution is 0.101. The molecule has 0 fully saturated rings. The Labute approximate surface area is 128 Å². The van der Waals surface area contributed by atoms with Gasteiger partial charge in [-0.3, -0.25) is 4.79 Å². The highest BCUT2D eigenvalue weighted by Gasteiger charge is 2.23. The summed E-state index contributed by atoms with van der Waals surface area (Å²) in [5, 5.41) is 0.894. The van der Waals surface area contributed by atoms with E-state index in [1.54, 1.807) is 25.3 Å².